The summed E-state index contributed by atoms with van der Waals surface area (Å²) in [6.07, 6.45) is 5.28. The lowest BCUT2D eigenvalue weighted by molar-refractivity contribution is 0.0762. The first-order valence-electron chi connectivity index (χ1n) is 8.09. The second-order valence-corrected chi connectivity index (χ2v) is 7.28. The van der Waals surface area contributed by atoms with Gasteiger partial charge in [-0.3, -0.25) is 4.79 Å². The molecule has 1 spiro atoms. The number of hydrogen-bond acceptors (Lipinski definition) is 5. The molecule has 4 heterocycles. The van der Waals surface area contributed by atoms with Crippen LogP contribution in [-0.4, -0.2) is 47.0 Å². The van der Waals surface area contributed by atoms with Gasteiger partial charge in [0.15, 0.2) is 0 Å². The summed E-state index contributed by atoms with van der Waals surface area (Å²) in [5.74, 6) is 1.13. The second kappa shape index (κ2) is 5.92. The predicted octanol–water partition coefficient (Wildman–Crippen LogP) is 2.67. The van der Waals surface area contributed by atoms with Gasteiger partial charge in [-0.15, -0.1) is 11.3 Å². The Balaban J connectivity index is 1.48. The number of carbonyl (C=O) groups excluding carboxylic acids is 1. The second-order valence-electron chi connectivity index (χ2n) is 6.56. The van der Waals surface area contributed by atoms with E-state index in [0.29, 0.717) is 5.69 Å². The van der Waals surface area contributed by atoms with Crippen molar-refractivity contribution in [1.82, 2.24) is 14.9 Å². The van der Waals surface area contributed by atoms with E-state index in [1.54, 1.807) is 5.51 Å². The minimum absolute atomic E-state index is 0.0816. The molecule has 0 saturated carbocycles. The Morgan fingerprint density at radius 3 is 2.91 bits per heavy atom. The van der Waals surface area contributed by atoms with Crippen LogP contribution in [0, 0.1) is 5.41 Å². The number of piperidine rings is 1. The minimum atomic E-state index is 0.0816. The van der Waals surface area contributed by atoms with Crippen molar-refractivity contribution in [3.63, 3.8) is 0 Å². The normalized spacial score (nSPS) is 24.3. The lowest BCUT2D eigenvalue weighted by Crippen LogP contribution is -2.45. The molecule has 23 heavy (non-hydrogen) atoms. The minimum Gasteiger partial charge on any atom is -0.356 e. The Morgan fingerprint density at radius 1 is 1.17 bits per heavy atom. The van der Waals surface area contributed by atoms with Crippen molar-refractivity contribution in [2.75, 3.05) is 31.1 Å². The van der Waals surface area contributed by atoms with Crippen LogP contribution in [0.1, 0.15) is 29.8 Å². The average molecular weight is 328 g/mol. The standard InChI is InChI=1S/C17H20N4OS/c22-16(14-10-23-13-19-14)21-9-6-17(12-21)5-3-8-20(11-17)15-4-1-2-7-18-15/h1-2,4,7,10,13H,3,5-6,8-9,11-12H2/t17-/m0/s1. The number of hydrogen-bond donors (Lipinski definition) is 0. The third kappa shape index (κ3) is 2.83. The van der Waals surface area contributed by atoms with Gasteiger partial charge in [0.05, 0.1) is 5.51 Å². The highest BCUT2D eigenvalue weighted by molar-refractivity contribution is 7.07. The van der Waals surface area contributed by atoms with Crippen LogP contribution in [0.3, 0.4) is 0 Å². The first-order valence-corrected chi connectivity index (χ1v) is 9.04. The van der Waals surface area contributed by atoms with Crippen LogP contribution < -0.4 is 4.90 Å². The van der Waals surface area contributed by atoms with E-state index < -0.39 is 0 Å². The van der Waals surface area contributed by atoms with Crippen molar-refractivity contribution < 1.29 is 4.79 Å². The fraction of sp³-hybridized carbons (Fsp3) is 0.471. The van der Waals surface area contributed by atoms with E-state index in [1.165, 1.54) is 17.8 Å². The summed E-state index contributed by atoms with van der Waals surface area (Å²) in [5.41, 5.74) is 2.52. The molecule has 0 N–H and O–H groups in total. The molecule has 2 saturated heterocycles. The number of likely N-dealkylation sites (tertiary alicyclic amines) is 1. The summed E-state index contributed by atoms with van der Waals surface area (Å²) in [6, 6.07) is 6.07. The van der Waals surface area contributed by atoms with Crippen molar-refractivity contribution in [2.24, 2.45) is 5.41 Å². The van der Waals surface area contributed by atoms with Crippen LogP contribution in [0.2, 0.25) is 0 Å². The quantitative estimate of drug-likeness (QED) is 0.850. The molecule has 2 aliphatic rings. The molecule has 0 aliphatic carbocycles. The molecule has 2 fully saturated rings. The lowest BCUT2D eigenvalue weighted by Gasteiger charge is -2.41. The summed E-state index contributed by atoms with van der Waals surface area (Å²) in [4.78, 5) is 25.5. The highest BCUT2D eigenvalue weighted by Gasteiger charge is 2.43. The highest BCUT2D eigenvalue weighted by Crippen LogP contribution is 2.40. The third-order valence-electron chi connectivity index (χ3n) is 5.01. The van der Waals surface area contributed by atoms with Gasteiger partial charge in [0, 0.05) is 43.2 Å². The van der Waals surface area contributed by atoms with E-state index in [0.717, 1.165) is 44.8 Å². The number of thiazole rings is 1. The third-order valence-corrected chi connectivity index (χ3v) is 5.60. The molecule has 0 radical (unpaired) electrons. The molecule has 6 heteroatoms. The van der Waals surface area contributed by atoms with Crippen molar-refractivity contribution in [3.8, 4) is 0 Å². The van der Waals surface area contributed by atoms with E-state index in [4.69, 9.17) is 0 Å². The van der Waals surface area contributed by atoms with Crippen LogP contribution in [0.15, 0.2) is 35.3 Å². The summed E-state index contributed by atoms with van der Waals surface area (Å²) in [6.45, 7) is 3.72. The van der Waals surface area contributed by atoms with E-state index in [9.17, 15) is 4.79 Å². The van der Waals surface area contributed by atoms with Gasteiger partial charge in [-0.25, -0.2) is 9.97 Å². The van der Waals surface area contributed by atoms with Gasteiger partial charge in [-0.05, 0) is 31.4 Å². The van der Waals surface area contributed by atoms with Crippen molar-refractivity contribution in [2.45, 2.75) is 19.3 Å². The van der Waals surface area contributed by atoms with Crippen LogP contribution >= 0.6 is 11.3 Å². The van der Waals surface area contributed by atoms with E-state index >= 15 is 0 Å². The van der Waals surface area contributed by atoms with Gasteiger partial charge in [-0.1, -0.05) is 6.07 Å². The van der Waals surface area contributed by atoms with Gasteiger partial charge in [0.2, 0.25) is 0 Å². The highest BCUT2D eigenvalue weighted by atomic mass is 32.1. The van der Waals surface area contributed by atoms with Crippen molar-refractivity contribution >= 4 is 23.1 Å². The molecule has 120 valence electrons. The van der Waals surface area contributed by atoms with Crippen LogP contribution in [0.5, 0.6) is 0 Å². The molecule has 4 rings (SSSR count). The van der Waals surface area contributed by atoms with Gasteiger partial charge >= 0.3 is 0 Å². The van der Waals surface area contributed by atoms with Crippen LogP contribution in [0.25, 0.3) is 0 Å². The summed E-state index contributed by atoms with van der Waals surface area (Å²) in [7, 11) is 0. The number of amides is 1. The first kappa shape index (κ1) is 14.6. The van der Waals surface area contributed by atoms with Crippen molar-refractivity contribution in [3.05, 3.63) is 41.0 Å². The van der Waals surface area contributed by atoms with Gasteiger partial charge in [0.25, 0.3) is 5.91 Å². The number of pyridine rings is 1. The smallest absolute Gasteiger partial charge is 0.273 e. The summed E-state index contributed by atoms with van der Waals surface area (Å²) in [5, 5.41) is 1.84. The Hall–Kier alpha value is -1.95. The molecule has 0 unspecified atom stereocenters. The molecule has 1 amide bonds. The van der Waals surface area contributed by atoms with Crippen LogP contribution in [0.4, 0.5) is 5.82 Å². The molecular weight excluding hydrogens is 308 g/mol. The molecular formula is C17H20N4OS. The molecule has 2 aromatic rings. The Labute approximate surface area is 140 Å². The zero-order valence-electron chi connectivity index (χ0n) is 13.0. The maximum Gasteiger partial charge on any atom is 0.273 e. The Morgan fingerprint density at radius 2 is 2.13 bits per heavy atom. The predicted molar refractivity (Wildman–Crippen MR) is 90.8 cm³/mol. The van der Waals surface area contributed by atoms with E-state index in [1.807, 2.05) is 28.6 Å². The van der Waals surface area contributed by atoms with Crippen LogP contribution in [-0.2, 0) is 0 Å². The van der Waals surface area contributed by atoms with Gasteiger partial charge in [0.1, 0.15) is 11.5 Å². The lowest BCUT2D eigenvalue weighted by atomic mass is 9.79. The zero-order valence-corrected chi connectivity index (χ0v) is 13.8. The maximum absolute atomic E-state index is 12.5. The molecule has 2 aromatic heterocycles. The fourth-order valence-electron chi connectivity index (χ4n) is 3.87. The van der Waals surface area contributed by atoms with Crippen molar-refractivity contribution in [1.29, 1.82) is 0 Å². The molecule has 5 nitrogen and oxygen atoms in total. The fourth-order valence-corrected chi connectivity index (χ4v) is 4.39. The summed E-state index contributed by atoms with van der Waals surface area (Å²) >= 11 is 1.48. The summed E-state index contributed by atoms with van der Waals surface area (Å²) < 4.78 is 0. The number of anilines is 1. The largest absolute Gasteiger partial charge is 0.356 e. The monoisotopic (exact) mass is 328 g/mol. The number of nitrogens with zero attached hydrogens (tertiary/aromatic N) is 4. The van der Waals surface area contributed by atoms with Gasteiger partial charge < -0.3 is 9.80 Å². The molecule has 2 aliphatic heterocycles. The van der Waals surface area contributed by atoms with E-state index in [2.05, 4.69) is 20.9 Å². The average Bonchev–Trinajstić information content (AvgIpc) is 3.26. The SMILES string of the molecule is O=C(c1cscn1)N1CC[C@]2(CCCN(c3ccccn3)C2)C1. The number of carbonyl (C=O) groups is 1. The number of aromatic nitrogens is 2. The molecule has 1 atom stereocenters. The molecule has 0 bridgehead atoms. The first-order chi connectivity index (χ1) is 11.3. The van der Waals surface area contributed by atoms with E-state index in [-0.39, 0.29) is 11.3 Å². The zero-order chi connectivity index (χ0) is 15.7. The Bertz CT molecular complexity index is 675. The number of rotatable bonds is 2. The topological polar surface area (TPSA) is 49.3 Å². The maximum atomic E-state index is 12.5. The Kier molecular flexibility index (Phi) is 3.77. The van der Waals surface area contributed by atoms with Gasteiger partial charge in [-0.2, -0.15) is 0 Å². The molecule has 0 aromatic carbocycles.